The van der Waals surface area contributed by atoms with Gasteiger partial charge in [-0.1, -0.05) is 105 Å². The molecule has 2 heteroatoms. The molecule has 12 unspecified atom stereocenters. The maximum Gasteiger partial charge on any atom is 0.0515 e. The van der Waals surface area contributed by atoms with Crippen LogP contribution in [0.4, 0.5) is 0 Å². The van der Waals surface area contributed by atoms with Gasteiger partial charge < -0.3 is 9.80 Å². The first kappa shape index (κ1) is 36.6. The summed E-state index contributed by atoms with van der Waals surface area (Å²) >= 11 is 0. The summed E-state index contributed by atoms with van der Waals surface area (Å²) in [6.45, 7) is 0. The number of fused-ring (bicyclic) bond motifs is 5. The molecule has 0 aromatic carbocycles. The van der Waals surface area contributed by atoms with Gasteiger partial charge in [-0.3, -0.25) is 0 Å². The largest absolute Gasteiger partial charge is 0.368 e. The first-order chi connectivity index (χ1) is 27.8. The molecule has 11 rings (SSSR count). The van der Waals surface area contributed by atoms with Crippen molar-refractivity contribution in [2.45, 2.75) is 185 Å². The minimum absolute atomic E-state index is 0.613. The summed E-state index contributed by atoms with van der Waals surface area (Å²) in [6, 6.07) is 2.77. The number of allylic oxidation sites excluding steroid dienone is 12. The van der Waals surface area contributed by atoms with Gasteiger partial charge in [-0.2, -0.15) is 0 Å². The summed E-state index contributed by atoms with van der Waals surface area (Å²) in [5.41, 5.74) is 8.94. The predicted molar refractivity (Wildman–Crippen MR) is 233 cm³/mol. The zero-order chi connectivity index (χ0) is 37.0. The molecule has 0 amide bonds. The molecule has 0 bridgehead atoms. The molecule has 1 saturated heterocycles. The van der Waals surface area contributed by atoms with Crippen molar-refractivity contribution in [2.24, 2.45) is 53.3 Å². The highest BCUT2D eigenvalue weighted by atomic mass is 15.2. The molecular formula is C54H74N2. The highest BCUT2D eigenvalue weighted by molar-refractivity contribution is 5.45. The van der Waals surface area contributed by atoms with Gasteiger partial charge in [0.15, 0.2) is 0 Å². The Morgan fingerprint density at radius 2 is 1.25 bits per heavy atom. The molecule has 2 aliphatic heterocycles. The molecule has 2 nitrogen and oxygen atoms in total. The van der Waals surface area contributed by atoms with Crippen LogP contribution in [-0.4, -0.2) is 34.0 Å². The molecule has 9 aliphatic carbocycles. The van der Waals surface area contributed by atoms with E-state index in [9.17, 15) is 0 Å². The number of nitrogens with zero attached hydrogens (tertiary/aromatic N) is 2. The minimum atomic E-state index is 0.613. The fraction of sp³-hybridized carbons (Fsp3) is 0.704. The lowest BCUT2D eigenvalue weighted by Gasteiger charge is -2.49. The van der Waals surface area contributed by atoms with Crippen molar-refractivity contribution in [1.82, 2.24) is 9.80 Å². The monoisotopic (exact) mass is 751 g/mol. The average Bonchev–Trinajstić information content (AvgIpc) is 3.79. The zero-order valence-electron chi connectivity index (χ0n) is 34.9. The van der Waals surface area contributed by atoms with Gasteiger partial charge in [0.25, 0.3) is 0 Å². The van der Waals surface area contributed by atoms with Gasteiger partial charge in [0.2, 0.25) is 0 Å². The maximum absolute atomic E-state index is 3.17. The topological polar surface area (TPSA) is 6.48 Å². The molecule has 0 N–H and O–H groups in total. The molecule has 3 fully saturated rings. The maximum atomic E-state index is 3.17. The number of likely N-dealkylation sites (tertiary alicyclic amines) is 1. The van der Waals surface area contributed by atoms with Gasteiger partial charge in [0, 0.05) is 41.4 Å². The Morgan fingerprint density at radius 3 is 2.05 bits per heavy atom. The quantitative estimate of drug-likeness (QED) is 0.250. The highest BCUT2D eigenvalue weighted by Crippen LogP contribution is 2.55. The van der Waals surface area contributed by atoms with Crippen molar-refractivity contribution < 1.29 is 0 Å². The van der Waals surface area contributed by atoms with Crippen LogP contribution < -0.4 is 0 Å². The SMILES string of the molecule is C1=CC(C2C=C(N3C4CC(C5=CC6=C(CC5)N(C5CC(C7C=CCCC7)CC(C7CCCCC7)C5)C5CCC=CC65)CC=C4C4C=CCCC43)CCC2)CCC1. The van der Waals surface area contributed by atoms with Crippen LogP contribution in [-0.2, 0) is 0 Å². The van der Waals surface area contributed by atoms with E-state index >= 15 is 0 Å². The van der Waals surface area contributed by atoms with Gasteiger partial charge in [-0.25, -0.2) is 0 Å². The first-order valence-electron chi connectivity index (χ1n) is 24.8. The van der Waals surface area contributed by atoms with E-state index in [1.165, 1.54) is 161 Å². The summed E-state index contributed by atoms with van der Waals surface area (Å²) in [4.78, 5) is 6.24. The number of hydrogen-bond acceptors (Lipinski definition) is 2. The van der Waals surface area contributed by atoms with Gasteiger partial charge in [-0.05, 0) is 181 Å². The highest BCUT2D eigenvalue weighted by Gasteiger charge is 2.50. The summed E-state index contributed by atoms with van der Waals surface area (Å²) < 4.78 is 0. The Balaban J connectivity index is 0.882. The van der Waals surface area contributed by atoms with Crippen molar-refractivity contribution in [1.29, 1.82) is 0 Å². The Labute approximate surface area is 341 Å². The Hall–Kier alpha value is -2.48. The zero-order valence-corrected chi connectivity index (χ0v) is 34.9. The molecule has 0 aromatic rings. The van der Waals surface area contributed by atoms with Crippen LogP contribution >= 0.6 is 0 Å². The van der Waals surface area contributed by atoms with E-state index in [2.05, 4.69) is 76.6 Å². The third-order valence-electron chi connectivity index (χ3n) is 18.2. The fourth-order valence-electron chi connectivity index (χ4n) is 15.6. The summed E-state index contributed by atoms with van der Waals surface area (Å²) in [5.74, 6) is 7.21. The molecule has 12 atom stereocenters. The molecule has 0 radical (unpaired) electrons. The van der Waals surface area contributed by atoms with E-state index in [4.69, 9.17) is 0 Å². The smallest absolute Gasteiger partial charge is 0.0515 e. The van der Waals surface area contributed by atoms with E-state index in [0.29, 0.717) is 35.9 Å². The lowest BCUT2D eigenvalue weighted by Crippen LogP contribution is -2.47. The Kier molecular flexibility index (Phi) is 10.4. The number of rotatable bonds is 6. The van der Waals surface area contributed by atoms with Gasteiger partial charge in [-0.15, -0.1) is 0 Å². The van der Waals surface area contributed by atoms with Crippen molar-refractivity contribution in [3.63, 3.8) is 0 Å². The molecule has 0 aromatic heterocycles. The van der Waals surface area contributed by atoms with E-state index in [1.54, 1.807) is 16.8 Å². The van der Waals surface area contributed by atoms with E-state index in [0.717, 1.165) is 41.5 Å². The van der Waals surface area contributed by atoms with Crippen LogP contribution in [0.15, 0.2) is 94.9 Å². The van der Waals surface area contributed by atoms with Gasteiger partial charge >= 0.3 is 0 Å². The first-order valence-corrected chi connectivity index (χ1v) is 24.8. The Bertz CT molecular complexity index is 1710. The normalized spacial score (nSPS) is 42.5. The van der Waals surface area contributed by atoms with Crippen LogP contribution in [0.2, 0.25) is 0 Å². The molecule has 2 heterocycles. The second-order valence-corrected chi connectivity index (χ2v) is 21.1. The van der Waals surface area contributed by atoms with Crippen molar-refractivity contribution in [2.75, 3.05) is 0 Å². The molecular weight excluding hydrogens is 677 g/mol. The standard InChI is InChI=1S/C54H74N2/c1-4-15-37(16-5-1)40-21-14-22-45(32-40)55-51-25-12-10-23-47(51)49-29-27-42(36-54(49)55)41-28-30-53-50(35-41)48-24-11-13-26-52(48)56(53)46-33-43(38-17-6-2-7-18-38)31-44(34-46)39-19-8-3-9-20-39/h4,6,10-11,15,17,23-24,29,32,35,37-40,42-44,46-48,51-52,54H,1-3,5,7-9,12-14,16,18-22,25-28,30-31,33-34,36H2. The van der Waals surface area contributed by atoms with Crippen molar-refractivity contribution >= 4 is 0 Å². The van der Waals surface area contributed by atoms with Gasteiger partial charge in [0.05, 0.1) is 6.04 Å². The summed E-state index contributed by atoms with van der Waals surface area (Å²) in [6.07, 6.45) is 64.0. The van der Waals surface area contributed by atoms with E-state index in [-0.39, 0.29) is 0 Å². The van der Waals surface area contributed by atoms with E-state index < -0.39 is 0 Å². The molecule has 2 saturated carbocycles. The lowest BCUT2D eigenvalue weighted by molar-refractivity contribution is 0.0461. The van der Waals surface area contributed by atoms with Crippen LogP contribution in [0.25, 0.3) is 0 Å². The molecule has 56 heavy (non-hydrogen) atoms. The van der Waals surface area contributed by atoms with Crippen LogP contribution in [0, 0.1) is 53.3 Å². The fourth-order valence-corrected chi connectivity index (χ4v) is 15.6. The molecule has 300 valence electrons. The predicted octanol–water partition coefficient (Wildman–Crippen LogP) is 13.7. The average molecular weight is 751 g/mol. The molecule has 0 spiro atoms. The third-order valence-corrected chi connectivity index (χ3v) is 18.2. The Morgan fingerprint density at radius 1 is 0.518 bits per heavy atom. The van der Waals surface area contributed by atoms with Crippen LogP contribution in [0.5, 0.6) is 0 Å². The summed E-state index contributed by atoms with van der Waals surface area (Å²) in [7, 11) is 0. The molecule has 11 aliphatic rings. The third kappa shape index (κ3) is 6.76. The van der Waals surface area contributed by atoms with Crippen LogP contribution in [0.1, 0.15) is 161 Å². The lowest BCUT2D eigenvalue weighted by atomic mass is 9.64. The number of hydrogen-bond donors (Lipinski definition) is 0. The van der Waals surface area contributed by atoms with Crippen molar-refractivity contribution in [3.05, 3.63) is 94.9 Å². The van der Waals surface area contributed by atoms with E-state index in [1.807, 2.05) is 11.3 Å². The van der Waals surface area contributed by atoms with Gasteiger partial charge in [0.1, 0.15) is 0 Å². The minimum Gasteiger partial charge on any atom is -0.368 e. The second-order valence-electron chi connectivity index (χ2n) is 21.1. The van der Waals surface area contributed by atoms with Crippen LogP contribution in [0.3, 0.4) is 0 Å². The summed E-state index contributed by atoms with van der Waals surface area (Å²) in [5, 5.41) is 0. The second kappa shape index (κ2) is 15.9. The van der Waals surface area contributed by atoms with Crippen molar-refractivity contribution in [3.8, 4) is 0 Å².